The minimum Gasteiger partial charge on any atom is -0.332 e. The molecule has 2 aromatic rings. The Morgan fingerprint density at radius 3 is 2.58 bits per heavy atom. The zero-order chi connectivity index (χ0) is 17.3. The second-order valence-corrected chi connectivity index (χ2v) is 6.31. The minimum absolute atomic E-state index is 0.0226. The predicted octanol–water partition coefficient (Wildman–Crippen LogP) is 3.95. The molecule has 126 valence electrons. The van der Waals surface area contributed by atoms with Gasteiger partial charge in [0.25, 0.3) is 0 Å². The number of aromatic nitrogens is 1. The Labute approximate surface area is 140 Å². The summed E-state index contributed by atoms with van der Waals surface area (Å²) in [7, 11) is 0. The highest BCUT2D eigenvalue weighted by atomic mass is 19.2. The molecule has 1 saturated carbocycles. The second kappa shape index (κ2) is 6.67. The summed E-state index contributed by atoms with van der Waals surface area (Å²) in [6.45, 7) is 4.43. The molecule has 1 aromatic heterocycles. The van der Waals surface area contributed by atoms with E-state index in [1.54, 1.807) is 23.4 Å². The number of hydrogen-bond donors (Lipinski definition) is 0. The van der Waals surface area contributed by atoms with Gasteiger partial charge in [-0.15, -0.1) is 0 Å². The van der Waals surface area contributed by atoms with Crippen molar-refractivity contribution < 1.29 is 13.6 Å². The van der Waals surface area contributed by atoms with Crippen molar-refractivity contribution in [3.05, 3.63) is 65.5 Å². The third kappa shape index (κ3) is 3.16. The average molecular weight is 330 g/mol. The van der Waals surface area contributed by atoms with Gasteiger partial charge in [-0.1, -0.05) is 19.1 Å². The topological polar surface area (TPSA) is 33.2 Å². The Kier molecular flexibility index (Phi) is 4.60. The van der Waals surface area contributed by atoms with Gasteiger partial charge in [-0.25, -0.2) is 8.78 Å². The molecule has 3 rings (SSSR count). The standard InChI is InChI=1S/C19H20F2N2O/c1-3-23(19(24)15-9-12(15)2)18(14-5-4-8-22-11-14)13-6-7-16(20)17(21)10-13/h4-8,10-12,15,18H,3,9H2,1-2H3. The number of carbonyl (C=O) groups is 1. The summed E-state index contributed by atoms with van der Waals surface area (Å²) in [6.07, 6.45) is 4.19. The number of halogens is 2. The number of rotatable bonds is 5. The Morgan fingerprint density at radius 1 is 1.29 bits per heavy atom. The van der Waals surface area contributed by atoms with Gasteiger partial charge in [0.15, 0.2) is 11.6 Å². The van der Waals surface area contributed by atoms with E-state index in [0.29, 0.717) is 18.0 Å². The first-order valence-electron chi connectivity index (χ1n) is 8.18. The van der Waals surface area contributed by atoms with Crippen molar-refractivity contribution in [1.29, 1.82) is 0 Å². The molecule has 1 aliphatic rings. The zero-order valence-corrected chi connectivity index (χ0v) is 13.7. The van der Waals surface area contributed by atoms with Crippen molar-refractivity contribution in [2.75, 3.05) is 6.54 Å². The van der Waals surface area contributed by atoms with Crippen molar-refractivity contribution in [3.63, 3.8) is 0 Å². The molecular weight excluding hydrogens is 310 g/mol. The van der Waals surface area contributed by atoms with Gasteiger partial charge in [-0.2, -0.15) is 0 Å². The molecule has 1 heterocycles. The van der Waals surface area contributed by atoms with E-state index in [2.05, 4.69) is 4.98 Å². The Bertz CT molecular complexity index is 735. The molecule has 3 unspecified atom stereocenters. The molecule has 0 N–H and O–H groups in total. The van der Waals surface area contributed by atoms with Crippen molar-refractivity contribution in [2.24, 2.45) is 11.8 Å². The SMILES string of the molecule is CCN(C(=O)C1CC1C)C(c1cccnc1)c1ccc(F)c(F)c1. The summed E-state index contributed by atoms with van der Waals surface area (Å²) in [5.41, 5.74) is 1.33. The third-order valence-corrected chi connectivity index (χ3v) is 4.62. The first kappa shape index (κ1) is 16.6. The van der Waals surface area contributed by atoms with E-state index in [9.17, 15) is 13.6 Å². The van der Waals surface area contributed by atoms with Crippen molar-refractivity contribution in [3.8, 4) is 0 Å². The fourth-order valence-corrected chi connectivity index (χ4v) is 3.12. The van der Waals surface area contributed by atoms with Crippen LogP contribution in [-0.2, 0) is 4.79 Å². The van der Waals surface area contributed by atoms with Gasteiger partial charge in [0.05, 0.1) is 6.04 Å². The molecule has 1 aliphatic carbocycles. The van der Waals surface area contributed by atoms with E-state index in [-0.39, 0.29) is 11.8 Å². The van der Waals surface area contributed by atoms with Crippen molar-refractivity contribution in [2.45, 2.75) is 26.3 Å². The summed E-state index contributed by atoms with van der Waals surface area (Å²) in [5, 5.41) is 0. The number of amides is 1. The molecule has 0 saturated heterocycles. The van der Waals surface area contributed by atoms with Gasteiger partial charge in [0.2, 0.25) is 5.91 Å². The molecule has 1 aromatic carbocycles. The summed E-state index contributed by atoms with van der Waals surface area (Å²) >= 11 is 0. The van der Waals surface area contributed by atoms with Crippen LogP contribution in [0.3, 0.4) is 0 Å². The number of benzene rings is 1. The lowest BCUT2D eigenvalue weighted by Gasteiger charge is -2.32. The van der Waals surface area contributed by atoms with Crippen LogP contribution in [0.15, 0.2) is 42.7 Å². The van der Waals surface area contributed by atoms with Crippen LogP contribution in [0.2, 0.25) is 0 Å². The molecule has 3 atom stereocenters. The quantitative estimate of drug-likeness (QED) is 0.831. The lowest BCUT2D eigenvalue weighted by atomic mass is 9.97. The molecule has 5 heteroatoms. The molecule has 0 spiro atoms. The van der Waals surface area contributed by atoms with Gasteiger partial charge < -0.3 is 4.90 Å². The van der Waals surface area contributed by atoms with Crippen LogP contribution in [0.1, 0.15) is 37.4 Å². The van der Waals surface area contributed by atoms with Crippen LogP contribution in [0.25, 0.3) is 0 Å². The van der Waals surface area contributed by atoms with E-state index in [1.807, 2.05) is 19.9 Å². The number of hydrogen-bond acceptors (Lipinski definition) is 2. The van der Waals surface area contributed by atoms with Crippen LogP contribution in [0, 0.1) is 23.5 Å². The Balaban J connectivity index is 2.04. The van der Waals surface area contributed by atoms with E-state index in [1.165, 1.54) is 12.1 Å². The largest absolute Gasteiger partial charge is 0.332 e. The predicted molar refractivity (Wildman–Crippen MR) is 87.1 cm³/mol. The number of carbonyl (C=O) groups excluding carboxylic acids is 1. The summed E-state index contributed by atoms with van der Waals surface area (Å²) < 4.78 is 27.1. The lowest BCUT2D eigenvalue weighted by molar-refractivity contribution is -0.134. The zero-order valence-electron chi connectivity index (χ0n) is 13.7. The van der Waals surface area contributed by atoms with Crippen LogP contribution < -0.4 is 0 Å². The smallest absolute Gasteiger partial charge is 0.226 e. The maximum atomic E-state index is 13.8. The highest BCUT2D eigenvalue weighted by Gasteiger charge is 2.43. The second-order valence-electron chi connectivity index (χ2n) is 6.31. The van der Waals surface area contributed by atoms with Crippen LogP contribution in [-0.4, -0.2) is 22.3 Å². The van der Waals surface area contributed by atoms with Gasteiger partial charge in [0, 0.05) is 24.9 Å². The molecule has 1 amide bonds. The molecule has 3 nitrogen and oxygen atoms in total. The number of pyridine rings is 1. The van der Waals surface area contributed by atoms with Crippen LogP contribution >= 0.6 is 0 Å². The van der Waals surface area contributed by atoms with Crippen LogP contribution in [0.5, 0.6) is 0 Å². The summed E-state index contributed by atoms with van der Waals surface area (Å²) in [4.78, 5) is 18.7. The summed E-state index contributed by atoms with van der Waals surface area (Å²) in [6, 6.07) is 6.96. The number of nitrogens with zero attached hydrogens (tertiary/aromatic N) is 2. The molecule has 0 bridgehead atoms. The van der Waals surface area contributed by atoms with Crippen LogP contribution in [0.4, 0.5) is 8.78 Å². The van der Waals surface area contributed by atoms with E-state index < -0.39 is 17.7 Å². The van der Waals surface area contributed by atoms with E-state index >= 15 is 0 Å². The fraction of sp³-hybridized carbons (Fsp3) is 0.368. The normalized spacial score (nSPS) is 20.5. The molecular formula is C19H20F2N2O. The van der Waals surface area contributed by atoms with Gasteiger partial charge >= 0.3 is 0 Å². The maximum Gasteiger partial charge on any atom is 0.226 e. The first-order chi connectivity index (χ1) is 11.5. The first-order valence-corrected chi connectivity index (χ1v) is 8.18. The average Bonchev–Trinajstić information content (AvgIpc) is 3.32. The maximum absolute atomic E-state index is 13.8. The van der Waals surface area contributed by atoms with E-state index in [0.717, 1.165) is 18.1 Å². The highest BCUT2D eigenvalue weighted by molar-refractivity contribution is 5.82. The fourth-order valence-electron chi connectivity index (χ4n) is 3.12. The summed E-state index contributed by atoms with van der Waals surface area (Å²) in [5.74, 6) is -1.34. The molecule has 0 aliphatic heterocycles. The Morgan fingerprint density at radius 2 is 2.04 bits per heavy atom. The Hall–Kier alpha value is -2.30. The van der Waals surface area contributed by atoms with Gasteiger partial charge in [-0.3, -0.25) is 9.78 Å². The van der Waals surface area contributed by atoms with Gasteiger partial charge in [-0.05, 0) is 48.6 Å². The third-order valence-electron chi connectivity index (χ3n) is 4.62. The lowest BCUT2D eigenvalue weighted by Crippen LogP contribution is -2.37. The molecule has 1 fully saturated rings. The molecule has 24 heavy (non-hydrogen) atoms. The van der Waals surface area contributed by atoms with Crippen molar-refractivity contribution in [1.82, 2.24) is 9.88 Å². The van der Waals surface area contributed by atoms with Crippen molar-refractivity contribution >= 4 is 5.91 Å². The van der Waals surface area contributed by atoms with E-state index in [4.69, 9.17) is 0 Å². The minimum atomic E-state index is -0.912. The monoisotopic (exact) mass is 330 g/mol. The van der Waals surface area contributed by atoms with Gasteiger partial charge in [0.1, 0.15) is 0 Å². The highest BCUT2D eigenvalue weighted by Crippen LogP contribution is 2.41. The molecule has 0 radical (unpaired) electrons.